The average Bonchev–Trinajstić information content (AvgIpc) is 3.08. The van der Waals surface area contributed by atoms with E-state index in [2.05, 4.69) is 31.0 Å². The highest BCUT2D eigenvalue weighted by molar-refractivity contribution is 4.99. The summed E-state index contributed by atoms with van der Waals surface area (Å²) in [6, 6.07) is 4.53. The fourth-order valence-electron chi connectivity index (χ4n) is 2.77. The molecule has 1 N–H and O–H groups in total. The van der Waals surface area contributed by atoms with Gasteiger partial charge in [-0.15, -0.1) is 0 Å². The molecule has 0 aliphatic carbocycles. The van der Waals surface area contributed by atoms with E-state index in [1.807, 2.05) is 12.1 Å². The fraction of sp³-hybridized carbons (Fsp3) is 0.750. The monoisotopic (exact) mass is 280 g/mol. The van der Waals surface area contributed by atoms with E-state index in [1.54, 1.807) is 6.26 Å². The molecule has 1 atom stereocenters. The van der Waals surface area contributed by atoms with Crippen molar-refractivity contribution in [2.45, 2.75) is 39.8 Å². The van der Waals surface area contributed by atoms with Gasteiger partial charge in [-0.3, -0.25) is 4.90 Å². The summed E-state index contributed by atoms with van der Waals surface area (Å²) in [5, 5.41) is 3.59. The maximum Gasteiger partial charge on any atom is 0.117 e. The third-order valence-electron chi connectivity index (χ3n) is 4.04. The van der Waals surface area contributed by atoms with Crippen LogP contribution in [0.1, 0.15) is 33.0 Å². The lowest BCUT2D eigenvalue weighted by Crippen LogP contribution is -2.46. The number of hydrogen-bond acceptors (Lipinski definition) is 4. The normalized spacial score (nSPS) is 23.1. The molecule has 1 aliphatic rings. The van der Waals surface area contributed by atoms with E-state index < -0.39 is 0 Å². The Morgan fingerprint density at radius 3 is 2.85 bits per heavy atom. The highest BCUT2D eigenvalue weighted by Gasteiger charge is 2.36. The molecule has 0 radical (unpaired) electrons. The molecule has 1 aliphatic heterocycles. The van der Waals surface area contributed by atoms with Crippen molar-refractivity contribution in [2.75, 3.05) is 32.8 Å². The molecule has 0 bridgehead atoms. The molecule has 0 aromatic carbocycles. The summed E-state index contributed by atoms with van der Waals surface area (Å²) in [7, 11) is 0. The van der Waals surface area contributed by atoms with Crippen LogP contribution < -0.4 is 5.32 Å². The van der Waals surface area contributed by atoms with Crippen LogP contribution in [0.4, 0.5) is 0 Å². The first-order valence-electron chi connectivity index (χ1n) is 7.69. The summed E-state index contributed by atoms with van der Waals surface area (Å²) in [5.41, 5.74) is 0.243. The Hall–Kier alpha value is -0.840. The first-order chi connectivity index (χ1) is 9.63. The van der Waals surface area contributed by atoms with Gasteiger partial charge in [0.15, 0.2) is 0 Å². The predicted octanol–water partition coefficient (Wildman–Crippen LogP) is 2.51. The first kappa shape index (κ1) is 15.5. The second kappa shape index (κ2) is 7.25. The summed E-state index contributed by atoms with van der Waals surface area (Å²) in [4.78, 5) is 2.45. The van der Waals surface area contributed by atoms with Gasteiger partial charge < -0.3 is 14.5 Å². The molecule has 0 spiro atoms. The van der Waals surface area contributed by atoms with E-state index in [0.717, 1.165) is 51.6 Å². The zero-order valence-electron chi connectivity index (χ0n) is 13.0. The highest BCUT2D eigenvalue weighted by Crippen LogP contribution is 2.29. The minimum absolute atomic E-state index is 0.243. The SMILES string of the molecule is CCN(Cc1ccco1)CC1(CNC(C)C)CCOC1. The molecule has 0 amide bonds. The largest absolute Gasteiger partial charge is 0.468 e. The van der Waals surface area contributed by atoms with Gasteiger partial charge in [-0.2, -0.15) is 0 Å². The van der Waals surface area contributed by atoms with Crippen molar-refractivity contribution >= 4 is 0 Å². The number of nitrogens with one attached hydrogen (secondary N) is 1. The molecule has 2 heterocycles. The number of nitrogens with zero attached hydrogens (tertiary/aromatic N) is 1. The van der Waals surface area contributed by atoms with Crippen LogP contribution in [0.25, 0.3) is 0 Å². The Labute approximate surface area is 122 Å². The Kier molecular flexibility index (Phi) is 5.64. The summed E-state index contributed by atoms with van der Waals surface area (Å²) < 4.78 is 11.2. The van der Waals surface area contributed by atoms with Gasteiger partial charge >= 0.3 is 0 Å². The van der Waals surface area contributed by atoms with E-state index in [-0.39, 0.29) is 5.41 Å². The summed E-state index contributed by atoms with van der Waals surface area (Å²) in [6.07, 6.45) is 2.89. The zero-order valence-corrected chi connectivity index (χ0v) is 13.0. The maximum absolute atomic E-state index is 5.68. The van der Waals surface area contributed by atoms with E-state index in [9.17, 15) is 0 Å². The molecule has 4 nitrogen and oxygen atoms in total. The fourth-order valence-corrected chi connectivity index (χ4v) is 2.77. The third-order valence-corrected chi connectivity index (χ3v) is 4.04. The molecule has 1 fully saturated rings. The molecule has 1 saturated heterocycles. The summed E-state index contributed by atoms with van der Waals surface area (Å²) in [5.74, 6) is 1.04. The lowest BCUT2D eigenvalue weighted by molar-refractivity contribution is 0.102. The standard InChI is InChI=1S/C16H28N2O2/c1-4-18(10-15-6-5-8-20-15)12-16(7-9-19-13-16)11-17-14(2)3/h5-6,8,14,17H,4,7,9-13H2,1-3H3. The van der Waals surface area contributed by atoms with Crippen LogP contribution in [-0.4, -0.2) is 43.8 Å². The van der Waals surface area contributed by atoms with Crippen LogP contribution in [0.3, 0.4) is 0 Å². The molecular formula is C16H28N2O2. The third kappa shape index (κ3) is 4.33. The van der Waals surface area contributed by atoms with Crippen molar-refractivity contribution in [3.8, 4) is 0 Å². The maximum atomic E-state index is 5.68. The van der Waals surface area contributed by atoms with Crippen LogP contribution in [0.2, 0.25) is 0 Å². The first-order valence-corrected chi connectivity index (χ1v) is 7.69. The Morgan fingerprint density at radius 1 is 1.45 bits per heavy atom. The molecule has 1 aromatic rings. The topological polar surface area (TPSA) is 37.6 Å². The van der Waals surface area contributed by atoms with Gasteiger partial charge in [-0.1, -0.05) is 20.8 Å². The molecule has 1 unspecified atom stereocenters. The van der Waals surface area contributed by atoms with E-state index in [4.69, 9.17) is 9.15 Å². The van der Waals surface area contributed by atoms with E-state index >= 15 is 0 Å². The van der Waals surface area contributed by atoms with Crippen LogP contribution in [-0.2, 0) is 11.3 Å². The smallest absolute Gasteiger partial charge is 0.117 e. The van der Waals surface area contributed by atoms with E-state index in [1.165, 1.54) is 0 Å². The minimum atomic E-state index is 0.243. The quantitative estimate of drug-likeness (QED) is 0.794. The van der Waals surface area contributed by atoms with Crippen LogP contribution in [0.5, 0.6) is 0 Å². The van der Waals surface area contributed by atoms with Gasteiger partial charge in [0, 0.05) is 31.2 Å². The number of ether oxygens (including phenoxy) is 1. The Bertz CT molecular complexity index is 370. The highest BCUT2D eigenvalue weighted by atomic mass is 16.5. The Morgan fingerprint density at radius 2 is 2.30 bits per heavy atom. The van der Waals surface area contributed by atoms with Crippen molar-refractivity contribution in [1.29, 1.82) is 0 Å². The molecular weight excluding hydrogens is 252 g/mol. The molecule has 0 saturated carbocycles. The Balaban J connectivity index is 1.94. The zero-order chi connectivity index (χ0) is 14.4. The minimum Gasteiger partial charge on any atom is -0.468 e. The number of furan rings is 1. The van der Waals surface area contributed by atoms with Crippen LogP contribution in [0, 0.1) is 5.41 Å². The van der Waals surface area contributed by atoms with Crippen molar-refractivity contribution in [2.24, 2.45) is 5.41 Å². The van der Waals surface area contributed by atoms with Crippen LogP contribution >= 0.6 is 0 Å². The second-order valence-corrected chi connectivity index (χ2v) is 6.22. The second-order valence-electron chi connectivity index (χ2n) is 6.22. The molecule has 4 heteroatoms. The van der Waals surface area contributed by atoms with Gasteiger partial charge in [0.2, 0.25) is 0 Å². The molecule has 2 rings (SSSR count). The van der Waals surface area contributed by atoms with Gasteiger partial charge in [-0.05, 0) is 25.1 Å². The van der Waals surface area contributed by atoms with E-state index in [0.29, 0.717) is 6.04 Å². The lowest BCUT2D eigenvalue weighted by atomic mass is 9.86. The summed E-state index contributed by atoms with van der Waals surface area (Å²) >= 11 is 0. The number of rotatable bonds is 8. The van der Waals surface area contributed by atoms with Crippen molar-refractivity contribution in [3.63, 3.8) is 0 Å². The molecule has 1 aromatic heterocycles. The van der Waals surface area contributed by atoms with Crippen LogP contribution in [0.15, 0.2) is 22.8 Å². The van der Waals surface area contributed by atoms with Gasteiger partial charge in [0.25, 0.3) is 0 Å². The predicted molar refractivity (Wildman–Crippen MR) is 80.7 cm³/mol. The lowest BCUT2D eigenvalue weighted by Gasteiger charge is -2.34. The van der Waals surface area contributed by atoms with Crippen molar-refractivity contribution in [1.82, 2.24) is 10.2 Å². The molecule has 114 valence electrons. The number of hydrogen-bond donors (Lipinski definition) is 1. The van der Waals surface area contributed by atoms with Crippen molar-refractivity contribution in [3.05, 3.63) is 24.2 Å². The van der Waals surface area contributed by atoms with Gasteiger partial charge in [0.05, 0.1) is 19.4 Å². The van der Waals surface area contributed by atoms with Gasteiger partial charge in [-0.25, -0.2) is 0 Å². The molecule has 20 heavy (non-hydrogen) atoms. The van der Waals surface area contributed by atoms with Gasteiger partial charge in [0.1, 0.15) is 5.76 Å². The average molecular weight is 280 g/mol. The van der Waals surface area contributed by atoms with Crippen molar-refractivity contribution < 1.29 is 9.15 Å². The summed E-state index contributed by atoms with van der Waals surface area (Å²) in [6.45, 7) is 12.4.